The van der Waals surface area contributed by atoms with Crippen LogP contribution in [0.4, 0.5) is 4.39 Å². The van der Waals surface area contributed by atoms with Crippen LogP contribution in [0.3, 0.4) is 0 Å². The summed E-state index contributed by atoms with van der Waals surface area (Å²) in [5, 5.41) is -1.03. The third-order valence-corrected chi connectivity index (χ3v) is 2.16. The molecule has 0 saturated carbocycles. The topological polar surface area (TPSA) is 0 Å². The quantitative estimate of drug-likeness (QED) is 0.601. The molecule has 0 amide bonds. The molecule has 0 heterocycles. The van der Waals surface area contributed by atoms with E-state index in [-0.39, 0.29) is 0 Å². The van der Waals surface area contributed by atoms with Gasteiger partial charge in [0.05, 0.1) is 0 Å². The monoisotopic (exact) mass is 198 g/mol. The van der Waals surface area contributed by atoms with Crippen LogP contribution in [0.15, 0.2) is 0 Å². The molecule has 0 aromatic carbocycles. The van der Waals surface area contributed by atoms with Crippen LogP contribution in [-0.4, -0.2) is 15.8 Å². The van der Waals surface area contributed by atoms with Gasteiger partial charge in [0.1, 0.15) is 10.2 Å². The molecule has 2 atom stereocenters. The minimum atomic E-state index is -1.68. The van der Waals surface area contributed by atoms with Crippen LogP contribution < -0.4 is 0 Å². The van der Waals surface area contributed by atoms with Crippen molar-refractivity contribution >= 4 is 46.4 Å². The van der Waals surface area contributed by atoms with Gasteiger partial charge in [-0.2, -0.15) is 0 Å². The Kier molecular flexibility index (Phi) is 4.54. The Morgan fingerprint density at radius 2 is 1.38 bits per heavy atom. The Balaban J connectivity index is 3.46. The highest BCUT2D eigenvalue weighted by atomic mass is 35.5. The second-order valence-corrected chi connectivity index (χ2v) is 3.20. The summed E-state index contributed by atoms with van der Waals surface area (Å²) in [6.07, 6.45) is 0. The largest absolute Gasteiger partial charge is 0.228 e. The molecule has 0 bridgehead atoms. The van der Waals surface area contributed by atoms with Crippen molar-refractivity contribution in [3.05, 3.63) is 0 Å². The van der Waals surface area contributed by atoms with E-state index in [0.717, 1.165) is 0 Å². The van der Waals surface area contributed by atoms with Gasteiger partial charge in [0.25, 0.3) is 0 Å². The van der Waals surface area contributed by atoms with Gasteiger partial charge in [0, 0.05) is 0 Å². The van der Waals surface area contributed by atoms with Crippen molar-refractivity contribution in [2.45, 2.75) is 15.8 Å². The molecule has 0 aromatic heterocycles. The van der Waals surface area contributed by atoms with E-state index >= 15 is 0 Å². The minimum absolute atomic E-state index is 0.954. The maximum Gasteiger partial charge on any atom is 0.192 e. The van der Waals surface area contributed by atoms with Gasteiger partial charge in [-0.05, 0) is 0 Å². The molecule has 50 valence electrons. The van der Waals surface area contributed by atoms with E-state index in [4.69, 9.17) is 46.4 Å². The van der Waals surface area contributed by atoms with Crippen molar-refractivity contribution in [1.29, 1.82) is 0 Å². The van der Waals surface area contributed by atoms with Crippen LogP contribution in [0.1, 0.15) is 0 Å². The average molecular weight is 200 g/mol. The number of hydrogen-bond donors (Lipinski definition) is 0. The molecule has 0 saturated heterocycles. The summed E-state index contributed by atoms with van der Waals surface area (Å²) >= 11 is 20.3. The molecule has 0 aromatic rings. The van der Waals surface area contributed by atoms with Gasteiger partial charge >= 0.3 is 0 Å². The first-order valence-corrected chi connectivity index (χ1v) is 3.50. The van der Waals surface area contributed by atoms with E-state index in [0.29, 0.717) is 0 Å². The van der Waals surface area contributed by atoms with Gasteiger partial charge < -0.3 is 0 Å². The van der Waals surface area contributed by atoms with Crippen LogP contribution >= 0.6 is 46.4 Å². The summed E-state index contributed by atoms with van der Waals surface area (Å²) in [4.78, 5) is -0.954. The molecule has 2 unspecified atom stereocenters. The molecule has 0 radical (unpaired) electrons. The van der Waals surface area contributed by atoms with Crippen molar-refractivity contribution in [3.63, 3.8) is 0 Å². The maximum absolute atomic E-state index is 11.8. The SMILES string of the molecule is FC(Cl)C(Cl)C(Cl)Cl. The number of hydrogen-bond acceptors (Lipinski definition) is 0. The Labute approximate surface area is 66.8 Å². The molecule has 0 aliphatic heterocycles. The lowest BCUT2D eigenvalue weighted by atomic mass is 10.5. The van der Waals surface area contributed by atoms with Crippen LogP contribution in [0.2, 0.25) is 0 Å². The molecule has 0 aliphatic rings. The van der Waals surface area contributed by atoms with E-state index in [1.54, 1.807) is 0 Å². The molecule has 0 N–H and O–H groups in total. The van der Waals surface area contributed by atoms with Crippen LogP contribution in [0, 0.1) is 0 Å². The standard InChI is InChI=1S/C3H3Cl4F/c4-1(2(5)6)3(7)8/h1-3H. The van der Waals surface area contributed by atoms with E-state index in [1.165, 1.54) is 0 Å². The van der Waals surface area contributed by atoms with Crippen molar-refractivity contribution < 1.29 is 4.39 Å². The van der Waals surface area contributed by atoms with Crippen LogP contribution in [0.5, 0.6) is 0 Å². The lowest BCUT2D eigenvalue weighted by Gasteiger charge is -2.07. The smallest absolute Gasteiger partial charge is 0.192 e. The molecule has 0 rings (SSSR count). The first kappa shape index (κ1) is 9.09. The second-order valence-electron chi connectivity index (χ2n) is 1.11. The zero-order valence-corrected chi connectivity index (χ0v) is 6.65. The normalized spacial score (nSPS) is 18.8. The molecule has 0 fully saturated rings. The summed E-state index contributed by atoms with van der Waals surface area (Å²) in [5.41, 5.74) is -1.68. The third-order valence-electron chi connectivity index (χ3n) is 0.481. The van der Waals surface area contributed by atoms with Gasteiger partial charge in [-0.15, -0.1) is 34.8 Å². The van der Waals surface area contributed by atoms with E-state index in [2.05, 4.69) is 0 Å². The second kappa shape index (κ2) is 3.99. The minimum Gasteiger partial charge on any atom is -0.228 e. The fraction of sp³-hybridized carbons (Fsp3) is 1.00. The molecule has 0 aliphatic carbocycles. The lowest BCUT2D eigenvalue weighted by molar-refractivity contribution is 0.435. The highest BCUT2D eigenvalue weighted by Gasteiger charge is 2.21. The Morgan fingerprint density at radius 3 is 1.38 bits per heavy atom. The van der Waals surface area contributed by atoms with E-state index in [9.17, 15) is 4.39 Å². The molecular formula is C3H3Cl4F. The molecule has 0 spiro atoms. The predicted molar refractivity (Wildman–Crippen MR) is 35.9 cm³/mol. The highest BCUT2D eigenvalue weighted by molar-refractivity contribution is 6.49. The van der Waals surface area contributed by atoms with Crippen molar-refractivity contribution in [3.8, 4) is 0 Å². The van der Waals surface area contributed by atoms with Crippen molar-refractivity contribution in [2.24, 2.45) is 0 Å². The summed E-state index contributed by atoms with van der Waals surface area (Å²) in [6.45, 7) is 0. The summed E-state index contributed by atoms with van der Waals surface area (Å²) < 4.78 is 11.8. The fourth-order valence-corrected chi connectivity index (χ4v) is 0.660. The van der Waals surface area contributed by atoms with Crippen molar-refractivity contribution in [2.75, 3.05) is 0 Å². The zero-order valence-electron chi connectivity index (χ0n) is 3.62. The fourth-order valence-electron chi connectivity index (χ4n) is 0.110. The Morgan fingerprint density at radius 1 is 1.00 bits per heavy atom. The number of alkyl halides is 5. The first-order valence-electron chi connectivity index (χ1n) is 1.76. The predicted octanol–water partition coefficient (Wildman–Crippen LogP) is 2.93. The summed E-state index contributed by atoms with van der Waals surface area (Å²) in [7, 11) is 0. The molecule has 0 nitrogen and oxygen atoms in total. The molecule has 5 heteroatoms. The number of halogens is 5. The first-order chi connectivity index (χ1) is 3.55. The maximum atomic E-state index is 11.8. The van der Waals surface area contributed by atoms with E-state index in [1.807, 2.05) is 0 Å². The summed E-state index contributed by atoms with van der Waals surface area (Å²) in [6, 6.07) is 0. The van der Waals surface area contributed by atoms with Crippen LogP contribution in [-0.2, 0) is 0 Å². The zero-order chi connectivity index (χ0) is 6.73. The Bertz CT molecular complexity index is 56.3. The Hall–Kier alpha value is 1.09. The van der Waals surface area contributed by atoms with Gasteiger partial charge in [0.15, 0.2) is 5.63 Å². The molecular weight excluding hydrogens is 197 g/mol. The van der Waals surface area contributed by atoms with Gasteiger partial charge in [-0.3, -0.25) is 0 Å². The highest BCUT2D eigenvalue weighted by Crippen LogP contribution is 2.21. The lowest BCUT2D eigenvalue weighted by Crippen LogP contribution is -2.16. The van der Waals surface area contributed by atoms with Crippen LogP contribution in [0.25, 0.3) is 0 Å². The van der Waals surface area contributed by atoms with Gasteiger partial charge in [-0.1, -0.05) is 11.6 Å². The molecule has 8 heavy (non-hydrogen) atoms. The van der Waals surface area contributed by atoms with Crippen molar-refractivity contribution in [1.82, 2.24) is 0 Å². The third kappa shape index (κ3) is 3.18. The average Bonchev–Trinajstić information content (AvgIpc) is 1.64. The van der Waals surface area contributed by atoms with Gasteiger partial charge in [0.2, 0.25) is 0 Å². The number of rotatable bonds is 2. The van der Waals surface area contributed by atoms with E-state index < -0.39 is 15.8 Å². The summed E-state index contributed by atoms with van der Waals surface area (Å²) in [5.74, 6) is 0. The van der Waals surface area contributed by atoms with Gasteiger partial charge in [-0.25, -0.2) is 4.39 Å².